The lowest BCUT2D eigenvalue weighted by molar-refractivity contribution is -0.115. The van der Waals surface area contributed by atoms with Gasteiger partial charge in [0.25, 0.3) is 0 Å². The number of benzene rings is 3. The molecule has 162 valence electrons. The van der Waals surface area contributed by atoms with Crippen molar-refractivity contribution in [3.05, 3.63) is 90.0 Å². The number of para-hydroxylation sites is 1. The van der Waals surface area contributed by atoms with Gasteiger partial charge in [0, 0.05) is 17.9 Å². The summed E-state index contributed by atoms with van der Waals surface area (Å²) in [5, 5.41) is 8.62. The van der Waals surface area contributed by atoms with Gasteiger partial charge in [-0.2, -0.15) is 0 Å². The molecule has 1 atom stereocenters. The highest BCUT2D eigenvalue weighted by Gasteiger charge is 2.35. The number of hydrogen-bond acceptors (Lipinski definition) is 3. The van der Waals surface area contributed by atoms with Crippen LogP contribution < -0.4 is 16.0 Å². The summed E-state index contributed by atoms with van der Waals surface area (Å²) in [5.74, 6) is -0.577. The summed E-state index contributed by atoms with van der Waals surface area (Å²) in [7, 11) is 0. The summed E-state index contributed by atoms with van der Waals surface area (Å²) in [6.45, 7) is 2.73. The van der Waals surface area contributed by atoms with E-state index in [4.69, 9.17) is 4.99 Å². The van der Waals surface area contributed by atoms with Crippen molar-refractivity contribution in [3.8, 4) is 0 Å². The molecule has 0 fully saturated rings. The number of hydrogen-bond donors (Lipinski definition) is 3. The molecule has 6 heteroatoms. The van der Waals surface area contributed by atoms with Gasteiger partial charge in [-0.1, -0.05) is 61.9 Å². The molecule has 3 aromatic rings. The monoisotopic (exact) mass is 426 g/mol. The molecule has 0 aromatic heterocycles. The number of urea groups is 1. The van der Waals surface area contributed by atoms with Crippen LogP contribution in [-0.4, -0.2) is 24.2 Å². The number of carbonyl (C=O) groups is 2. The summed E-state index contributed by atoms with van der Waals surface area (Å²) < 4.78 is 0. The van der Waals surface area contributed by atoms with Crippen molar-refractivity contribution in [1.29, 1.82) is 0 Å². The van der Waals surface area contributed by atoms with Gasteiger partial charge in [-0.3, -0.25) is 9.79 Å². The van der Waals surface area contributed by atoms with E-state index in [1.165, 1.54) is 0 Å². The minimum Gasteiger partial charge on any atom is -0.338 e. The fraction of sp³-hybridized carbons (Fsp3) is 0.192. The van der Waals surface area contributed by atoms with Crippen LogP contribution in [0.5, 0.6) is 0 Å². The Bertz CT molecular complexity index is 1120. The van der Waals surface area contributed by atoms with Crippen LogP contribution in [0.3, 0.4) is 0 Å². The minimum absolute atomic E-state index is 0.0872. The second kappa shape index (κ2) is 9.92. The van der Waals surface area contributed by atoms with Gasteiger partial charge < -0.3 is 16.0 Å². The highest BCUT2D eigenvalue weighted by Crippen LogP contribution is 2.36. The highest BCUT2D eigenvalue weighted by atomic mass is 16.2. The number of unbranched alkanes of at least 4 members (excludes halogenated alkanes) is 1. The zero-order valence-corrected chi connectivity index (χ0v) is 18.0. The molecular formula is C26H26N4O2. The Morgan fingerprint density at radius 2 is 1.69 bits per heavy atom. The number of carbonyl (C=O) groups excluding carboxylic acids is 2. The molecule has 3 aromatic carbocycles. The van der Waals surface area contributed by atoms with Crippen molar-refractivity contribution in [2.75, 3.05) is 17.2 Å². The van der Waals surface area contributed by atoms with Crippen molar-refractivity contribution in [2.45, 2.75) is 25.7 Å². The van der Waals surface area contributed by atoms with Crippen LogP contribution in [0.2, 0.25) is 0 Å². The Hall–Kier alpha value is -3.93. The van der Waals surface area contributed by atoms with E-state index < -0.39 is 5.92 Å². The standard InChI is InChI=1S/C26H26N4O2/c1-2-3-17-27-26(32)29-20-15-13-19(14-16-20)28-24(18-9-5-4-6-10-18)23-21-11-7-8-12-22(21)30-25(23)31/h4-16,23H,2-3,17H2,1H3,(H,30,31)(H2,27,29,32). The fourth-order valence-corrected chi connectivity index (χ4v) is 3.70. The summed E-state index contributed by atoms with van der Waals surface area (Å²) >= 11 is 0. The predicted molar refractivity (Wildman–Crippen MR) is 129 cm³/mol. The number of nitrogens with zero attached hydrogens (tertiary/aromatic N) is 1. The van der Waals surface area contributed by atoms with Crippen LogP contribution in [-0.2, 0) is 4.79 Å². The molecule has 1 aliphatic rings. The van der Waals surface area contributed by atoms with E-state index in [9.17, 15) is 9.59 Å². The first kappa shape index (κ1) is 21.3. The van der Waals surface area contributed by atoms with E-state index in [2.05, 4.69) is 22.9 Å². The first-order valence-electron chi connectivity index (χ1n) is 10.8. The van der Waals surface area contributed by atoms with E-state index in [-0.39, 0.29) is 11.9 Å². The molecule has 0 saturated carbocycles. The zero-order valence-electron chi connectivity index (χ0n) is 18.0. The van der Waals surface area contributed by atoms with Gasteiger partial charge in [0.05, 0.1) is 11.4 Å². The molecule has 1 heterocycles. The predicted octanol–water partition coefficient (Wildman–Crippen LogP) is 5.46. The number of rotatable bonds is 7. The smallest absolute Gasteiger partial charge is 0.319 e. The van der Waals surface area contributed by atoms with Crippen LogP contribution in [0.4, 0.5) is 21.9 Å². The minimum atomic E-state index is -0.490. The molecule has 0 bridgehead atoms. The summed E-state index contributed by atoms with van der Waals surface area (Å²) in [6, 6.07) is 24.5. The molecular weight excluding hydrogens is 400 g/mol. The van der Waals surface area contributed by atoms with E-state index in [1.54, 1.807) is 0 Å². The van der Waals surface area contributed by atoms with Gasteiger partial charge >= 0.3 is 6.03 Å². The van der Waals surface area contributed by atoms with Crippen LogP contribution >= 0.6 is 0 Å². The Balaban J connectivity index is 1.61. The number of amides is 3. The second-order valence-corrected chi connectivity index (χ2v) is 7.65. The van der Waals surface area contributed by atoms with E-state index in [0.29, 0.717) is 23.6 Å². The van der Waals surface area contributed by atoms with Gasteiger partial charge in [-0.15, -0.1) is 0 Å². The Kier molecular flexibility index (Phi) is 6.60. The van der Waals surface area contributed by atoms with Crippen molar-refractivity contribution < 1.29 is 9.59 Å². The fourth-order valence-electron chi connectivity index (χ4n) is 3.70. The average Bonchev–Trinajstić information content (AvgIpc) is 3.15. The summed E-state index contributed by atoms with van der Waals surface area (Å²) in [4.78, 5) is 29.7. The molecule has 1 unspecified atom stereocenters. The van der Waals surface area contributed by atoms with Crippen LogP contribution in [0.15, 0.2) is 83.9 Å². The van der Waals surface area contributed by atoms with E-state index >= 15 is 0 Å². The maximum absolute atomic E-state index is 12.9. The van der Waals surface area contributed by atoms with Crippen molar-refractivity contribution in [2.24, 2.45) is 4.99 Å². The number of nitrogens with one attached hydrogen (secondary N) is 3. The molecule has 3 N–H and O–H groups in total. The number of fused-ring (bicyclic) bond motifs is 1. The third-order valence-electron chi connectivity index (χ3n) is 5.33. The largest absolute Gasteiger partial charge is 0.338 e. The molecule has 0 saturated heterocycles. The molecule has 3 amide bonds. The third kappa shape index (κ3) is 4.86. The zero-order chi connectivity index (χ0) is 22.3. The summed E-state index contributed by atoms with van der Waals surface area (Å²) in [6.07, 6.45) is 1.97. The topological polar surface area (TPSA) is 82.6 Å². The Morgan fingerprint density at radius 3 is 2.44 bits per heavy atom. The van der Waals surface area contributed by atoms with Crippen molar-refractivity contribution in [3.63, 3.8) is 0 Å². The number of anilines is 2. The van der Waals surface area contributed by atoms with E-state index in [0.717, 1.165) is 29.7 Å². The molecule has 0 spiro atoms. The van der Waals surface area contributed by atoms with Crippen LogP contribution in [0, 0.1) is 0 Å². The normalized spacial score (nSPS) is 15.1. The lowest BCUT2D eigenvalue weighted by atomic mass is 9.90. The van der Waals surface area contributed by atoms with Gasteiger partial charge in [0.1, 0.15) is 5.92 Å². The van der Waals surface area contributed by atoms with Gasteiger partial charge in [0.2, 0.25) is 5.91 Å². The average molecular weight is 427 g/mol. The van der Waals surface area contributed by atoms with Gasteiger partial charge in [-0.25, -0.2) is 4.79 Å². The maximum Gasteiger partial charge on any atom is 0.319 e. The number of aliphatic imine (C=N–C) groups is 1. The first-order chi connectivity index (χ1) is 15.7. The SMILES string of the molecule is CCCCNC(=O)Nc1ccc(N=C(c2ccccc2)C2C(=O)Nc3ccccc32)cc1. The van der Waals surface area contributed by atoms with Crippen LogP contribution in [0.25, 0.3) is 0 Å². The Labute approximate surface area is 187 Å². The molecule has 6 nitrogen and oxygen atoms in total. The first-order valence-corrected chi connectivity index (χ1v) is 10.8. The van der Waals surface area contributed by atoms with Crippen molar-refractivity contribution in [1.82, 2.24) is 5.32 Å². The molecule has 32 heavy (non-hydrogen) atoms. The quantitative estimate of drug-likeness (QED) is 0.346. The second-order valence-electron chi connectivity index (χ2n) is 7.65. The Morgan fingerprint density at radius 1 is 0.969 bits per heavy atom. The molecule has 4 rings (SSSR count). The molecule has 0 aliphatic carbocycles. The third-order valence-corrected chi connectivity index (χ3v) is 5.33. The highest BCUT2D eigenvalue weighted by molar-refractivity contribution is 6.24. The maximum atomic E-state index is 12.9. The van der Waals surface area contributed by atoms with Gasteiger partial charge in [0.15, 0.2) is 0 Å². The summed E-state index contributed by atoms with van der Waals surface area (Å²) in [5.41, 5.74) is 4.70. The molecule has 0 radical (unpaired) electrons. The van der Waals surface area contributed by atoms with E-state index in [1.807, 2.05) is 78.9 Å². The van der Waals surface area contributed by atoms with Crippen molar-refractivity contribution >= 4 is 34.7 Å². The van der Waals surface area contributed by atoms with Gasteiger partial charge in [-0.05, 0) is 47.9 Å². The lowest BCUT2D eigenvalue weighted by Gasteiger charge is -2.14. The van der Waals surface area contributed by atoms with Crippen LogP contribution in [0.1, 0.15) is 36.8 Å². The lowest BCUT2D eigenvalue weighted by Crippen LogP contribution is -2.29. The molecule has 1 aliphatic heterocycles.